The number of rotatable bonds is 3. The first-order chi connectivity index (χ1) is 6.85. The Labute approximate surface area is 88.9 Å². The van der Waals surface area contributed by atoms with Crippen molar-refractivity contribution in [2.75, 3.05) is 0 Å². The van der Waals surface area contributed by atoms with Crippen LogP contribution in [0, 0.1) is 0 Å². The molecule has 88 valence electrons. The summed E-state index contributed by atoms with van der Waals surface area (Å²) >= 11 is 0. The summed E-state index contributed by atoms with van der Waals surface area (Å²) in [5.41, 5.74) is 0.769. The summed E-state index contributed by atoms with van der Waals surface area (Å²) in [6, 6.07) is 0. The third kappa shape index (κ3) is 12.8. The number of ether oxygens (including phenoxy) is 1. The molecule has 15 heavy (non-hydrogen) atoms. The SMILES string of the molecule is C=C/C(C)=C\C=C(/C)OC(F)(F)F.CC. The van der Waals surface area contributed by atoms with E-state index in [0.717, 1.165) is 5.57 Å². The zero-order valence-corrected chi connectivity index (χ0v) is 9.48. The molecule has 0 N–H and O–H groups in total. The predicted molar refractivity (Wildman–Crippen MR) is 56.2 cm³/mol. The van der Waals surface area contributed by atoms with Crippen molar-refractivity contribution in [1.29, 1.82) is 0 Å². The minimum atomic E-state index is -4.61. The molecule has 0 unspecified atom stereocenters. The smallest absolute Gasteiger partial charge is 0.411 e. The summed E-state index contributed by atoms with van der Waals surface area (Å²) in [7, 11) is 0. The van der Waals surface area contributed by atoms with Gasteiger partial charge in [-0.1, -0.05) is 38.2 Å². The molecule has 0 aromatic carbocycles. The second-order valence-electron chi connectivity index (χ2n) is 2.44. The van der Waals surface area contributed by atoms with Gasteiger partial charge in [0.25, 0.3) is 0 Å². The van der Waals surface area contributed by atoms with E-state index in [1.165, 1.54) is 25.2 Å². The van der Waals surface area contributed by atoms with E-state index in [0.29, 0.717) is 0 Å². The highest BCUT2D eigenvalue weighted by Gasteiger charge is 2.30. The molecule has 0 aromatic heterocycles. The van der Waals surface area contributed by atoms with E-state index in [1.54, 1.807) is 6.92 Å². The second-order valence-corrected chi connectivity index (χ2v) is 2.44. The maximum absolute atomic E-state index is 11.6. The number of allylic oxidation sites excluding steroid dienone is 5. The molecule has 0 aromatic rings. The van der Waals surface area contributed by atoms with E-state index < -0.39 is 6.36 Å². The van der Waals surface area contributed by atoms with Crippen LogP contribution in [0.5, 0.6) is 0 Å². The summed E-state index contributed by atoms with van der Waals surface area (Å²) in [6.07, 6.45) is -0.341. The van der Waals surface area contributed by atoms with Gasteiger partial charge in [0.2, 0.25) is 0 Å². The topological polar surface area (TPSA) is 9.23 Å². The van der Waals surface area contributed by atoms with Crippen LogP contribution in [0.1, 0.15) is 27.7 Å². The fraction of sp³-hybridized carbons (Fsp3) is 0.455. The summed E-state index contributed by atoms with van der Waals surface area (Å²) in [4.78, 5) is 0. The summed E-state index contributed by atoms with van der Waals surface area (Å²) < 4.78 is 38.4. The molecule has 4 heteroatoms. The number of hydrogen-bond donors (Lipinski definition) is 0. The molecule has 0 aliphatic heterocycles. The lowest BCUT2D eigenvalue weighted by Gasteiger charge is -2.07. The normalized spacial score (nSPS) is 12.7. The fourth-order valence-electron chi connectivity index (χ4n) is 0.533. The minimum Gasteiger partial charge on any atom is -0.411 e. The molecular weight excluding hydrogens is 205 g/mol. The van der Waals surface area contributed by atoms with Gasteiger partial charge in [-0.3, -0.25) is 0 Å². The molecule has 0 atom stereocenters. The van der Waals surface area contributed by atoms with Gasteiger partial charge in [0.1, 0.15) is 5.76 Å². The predicted octanol–water partition coefficient (Wildman–Crippen LogP) is 4.59. The Balaban J connectivity index is 0. The Morgan fingerprint density at radius 1 is 1.13 bits per heavy atom. The summed E-state index contributed by atoms with van der Waals surface area (Å²) in [6.45, 7) is 10.4. The van der Waals surface area contributed by atoms with Gasteiger partial charge in [0.05, 0.1) is 0 Å². The van der Waals surface area contributed by atoms with Gasteiger partial charge < -0.3 is 4.74 Å². The van der Waals surface area contributed by atoms with Crippen LogP contribution in [0.25, 0.3) is 0 Å². The van der Waals surface area contributed by atoms with Crippen molar-refractivity contribution in [3.05, 3.63) is 36.1 Å². The fourth-order valence-corrected chi connectivity index (χ4v) is 0.533. The lowest BCUT2D eigenvalue weighted by atomic mass is 10.3. The van der Waals surface area contributed by atoms with Crippen molar-refractivity contribution < 1.29 is 17.9 Å². The second kappa shape index (κ2) is 8.15. The first-order valence-electron chi connectivity index (χ1n) is 4.58. The van der Waals surface area contributed by atoms with Crippen molar-refractivity contribution in [3.63, 3.8) is 0 Å². The van der Waals surface area contributed by atoms with Crippen LogP contribution >= 0.6 is 0 Å². The highest BCUT2D eigenvalue weighted by Crippen LogP contribution is 2.20. The molecule has 0 rings (SSSR count). The van der Waals surface area contributed by atoms with Crippen LogP contribution in [-0.2, 0) is 4.74 Å². The van der Waals surface area contributed by atoms with E-state index in [1.807, 2.05) is 13.8 Å². The molecule has 0 radical (unpaired) electrons. The first kappa shape index (κ1) is 16.2. The molecule has 0 fully saturated rings. The average molecular weight is 222 g/mol. The minimum absolute atomic E-state index is 0.200. The number of hydrogen-bond acceptors (Lipinski definition) is 1. The van der Waals surface area contributed by atoms with Crippen molar-refractivity contribution in [3.8, 4) is 0 Å². The van der Waals surface area contributed by atoms with Crippen molar-refractivity contribution in [2.45, 2.75) is 34.1 Å². The number of alkyl halides is 3. The van der Waals surface area contributed by atoms with Gasteiger partial charge >= 0.3 is 6.36 Å². The van der Waals surface area contributed by atoms with Crippen LogP contribution in [0.2, 0.25) is 0 Å². The van der Waals surface area contributed by atoms with Crippen LogP contribution in [0.4, 0.5) is 13.2 Å². The van der Waals surface area contributed by atoms with Crippen molar-refractivity contribution in [2.24, 2.45) is 0 Å². The molecule has 0 spiro atoms. The molecular formula is C11H17F3O. The highest BCUT2D eigenvalue weighted by molar-refractivity contribution is 5.20. The van der Waals surface area contributed by atoms with Crippen LogP contribution in [0.15, 0.2) is 36.1 Å². The highest BCUT2D eigenvalue weighted by atomic mass is 19.4. The molecule has 0 aliphatic carbocycles. The molecule has 0 aliphatic rings. The summed E-state index contributed by atoms with van der Waals surface area (Å²) in [5.74, 6) is -0.200. The van der Waals surface area contributed by atoms with E-state index >= 15 is 0 Å². The van der Waals surface area contributed by atoms with Crippen molar-refractivity contribution >= 4 is 0 Å². The van der Waals surface area contributed by atoms with E-state index in [2.05, 4.69) is 11.3 Å². The van der Waals surface area contributed by atoms with Gasteiger partial charge in [-0.2, -0.15) is 0 Å². The van der Waals surface area contributed by atoms with Crippen LogP contribution in [0.3, 0.4) is 0 Å². The average Bonchev–Trinajstić information content (AvgIpc) is 2.14. The third-order valence-electron chi connectivity index (χ3n) is 1.18. The standard InChI is InChI=1S/C9H11F3O.C2H6/c1-4-7(2)5-6-8(3)13-9(10,11)12;1-2/h4-6H,1H2,2-3H3;1-2H3/b7-5-,8-6+;. The van der Waals surface area contributed by atoms with E-state index in [-0.39, 0.29) is 5.76 Å². The summed E-state index contributed by atoms with van der Waals surface area (Å²) in [5, 5.41) is 0. The molecule has 0 saturated heterocycles. The quantitative estimate of drug-likeness (QED) is 0.501. The molecule has 1 nitrogen and oxygen atoms in total. The zero-order valence-electron chi connectivity index (χ0n) is 9.48. The molecule has 0 bridgehead atoms. The monoisotopic (exact) mass is 222 g/mol. The molecule has 0 heterocycles. The van der Waals surface area contributed by atoms with Gasteiger partial charge in [0.15, 0.2) is 0 Å². The van der Waals surface area contributed by atoms with Gasteiger partial charge in [0, 0.05) is 0 Å². The van der Waals surface area contributed by atoms with Gasteiger partial charge in [-0.15, -0.1) is 13.2 Å². The largest absolute Gasteiger partial charge is 0.572 e. The third-order valence-corrected chi connectivity index (χ3v) is 1.18. The van der Waals surface area contributed by atoms with Crippen LogP contribution < -0.4 is 0 Å². The molecule has 0 amide bonds. The first-order valence-corrected chi connectivity index (χ1v) is 4.58. The van der Waals surface area contributed by atoms with E-state index in [4.69, 9.17) is 0 Å². The Morgan fingerprint density at radius 3 is 1.93 bits per heavy atom. The van der Waals surface area contributed by atoms with Gasteiger partial charge in [-0.25, -0.2) is 0 Å². The Morgan fingerprint density at radius 2 is 1.60 bits per heavy atom. The lowest BCUT2D eigenvalue weighted by molar-refractivity contribution is -0.305. The maximum atomic E-state index is 11.6. The Hall–Kier alpha value is -1.19. The number of halogens is 3. The van der Waals surface area contributed by atoms with Crippen molar-refractivity contribution in [1.82, 2.24) is 0 Å². The molecule has 0 saturated carbocycles. The zero-order chi connectivity index (χ0) is 12.5. The van der Waals surface area contributed by atoms with Crippen LogP contribution in [-0.4, -0.2) is 6.36 Å². The van der Waals surface area contributed by atoms with Gasteiger partial charge in [-0.05, 0) is 19.9 Å². The Kier molecular flexibility index (Phi) is 8.82. The Bertz CT molecular complexity index is 237. The van der Waals surface area contributed by atoms with E-state index in [9.17, 15) is 13.2 Å². The lowest BCUT2D eigenvalue weighted by Crippen LogP contribution is -2.11. The maximum Gasteiger partial charge on any atom is 0.572 e.